The van der Waals surface area contributed by atoms with Crippen LogP contribution in [0.15, 0.2) is 41.3 Å². The van der Waals surface area contributed by atoms with E-state index < -0.39 is 39.3 Å². The van der Waals surface area contributed by atoms with Gasteiger partial charge in [0.2, 0.25) is 21.8 Å². The molecule has 2 aromatic rings. The highest BCUT2D eigenvalue weighted by Crippen LogP contribution is 2.27. The number of nitrogens with zero attached hydrogens (tertiary/aromatic N) is 1. The maximum Gasteiger partial charge on any atom is 0.243 e. The van der Waals surface area contributed by atoms with Crippen LogP contribution < -0.4 is 10.6 Å². The van der Waals surface area contributed by atoms with Gasteiger partial charge in [-0.15, -0.1) is 0 Å². The van der Waals surface area contributed by atoms with E-state index >= 15 is 0 Å². The molecule has 7 nitrogen and oxygen atoms in total. The van der Waals surface area contributed by atoms with Gasteiger partial charge in [-0.2, -0.15) is 4.31 Å². The third-order valence-electron chi connectivity index (χ3n) is 4.90. The number of amides is 2. The monoisotopic (exact) mass is 455 g/mol. The molecule has 0 bridgehead atoms. The third kappa shape index (κ3) is 5.23. The van der Waals surface area contributed by atoms with Crippen LogP contribution in [0.2, 0.25) is 0 Å². The summed E-state index contributed by atoms with van der Waals surface area (Å²) in [7, 11) is -4.04. The molecule has 2 N–H and O–H groups in total. The van der Waals surface area contributed by atoms with Crippen molar-refractivity contribution in [1.29, 1.82) is 0 Å². The lowest BCUT2D eigenvalue weighted by molar-refractivity contribution is -0.121. The lowest BCUT2D eigenvalue weighted by atomic mass is 9.97. The number of rotatable bonds is 5. The van der Waals surface area contributed by atoms with Gasteiger partial charge in [0.05, 0.1) is 10.6 Å². The molecule has 0 unspecified atom stereocenters. The van der Waals surface area contributed by atoms with Crippen molar-refractivity contribution in [3.8, 4) is 0 Å². The Balaban J connectivity index is 1.65. The zero-order valence-electron chi connectivity index (χ0n) is 16.5. The quantitative estimate of drug-likeness (QED) is 0.724. The average molecular weight is 455 g/mol. The second-order valence-corrected chi connectivity index (χ2v) is 9.06. The fraction of sp³-hybridized carbons (Fsp3) is 0.300. The molecule has 3 rings (SSSR count). The topological polar surface area (TPSA) is 95.6 Å². The van der Waals surface area contributed by atoms with Crippen molar-refractivity contribution in [2.75, 3.05) is 23.7 Å². The number of anilines is 2. The van der Waals surface area contributed by atoms with Gasteiger partial charge >= 0.3 is 0 Å². The second-order valence-electron chi connectivity index (χ2n) is 7.12. The number of hydrogen-bond donors (Lipinski definition) is 2. The minimum atomic E-state index is -4.04. The van der Waals surface area contributed by atoms with Crippen molar-refractivity contribution in [1.82, 2.24) is 4.31 Å². The van der Waals surface area contributed by atoms with Gasteiger partial charge in [0.15, 0.2) is 11.6 Å². The predicted octanol–water partition coefficient (Wildman–Crippen LogP) is 3.10. The Bertz CT molecular complexity index is 1120. The standard InChI is InChI=1S/C20H20F3N3O4S/c1-12(27)24-14-2-4-17(22)19(10-14)25-20(28)13-6-8-26(9-7-13)31(29,30)15-3-5-16(21)18(23)11-15/h2-5,10-11,13H,6-9H2,1H3,(H,24,27)(H,25,28). The molecule has 2 amide bonds. The summed E-state index contributed by atoms with van der Waals surface area (Å²) in [6.45, 7) is 1.28. The Morgan fingerprint density at radius 2 is 1.58 bits per heavy atom. The number of hydrogen-bond acceptors (Lipinski definition) is 4. The molecule has 0 spiro atoms. The van der Waals surface area contributed by atoms with E-state index in [1.807, 2.05) is 0 Å². The lowest BCUT2D eigenvalue weighted by Crippen LogP contribution is -2.41. The molecule has 11 heteroatoms. The molecule has 1 heterocycles. The summed E-state index contributed by atoms with van der Waals surface area (Å²) in [5, 5.41) is 4.96. The largest absolute Gasteiger partial charge is 0.326 e. The van der Waals surface area contributed by atoms with E-state index in [1.165, 1.54) is 19.1 Å². The number of carbonyl (C=O) groups is 2. The zero-order valence-corrected chi connectivity index (χ0v) is 17.3. The molecule has 1 fully saturated rings. The molecule has 0 saturated carbocycles. The van der Waals surface area contributed by atoms with E-state index in [2.05, 4.69) is 10.6 Å². The van der Waals surface area contributed by atoms with Crippen LogP contribution in [0.5, 0.6) is 0 Å². The molecular weight excluding hydrogens is 435 g/mol. The first-order valence-corrected chi connectivity index (χ1v) is 10.8. The van der Waals surface area contributed by atoms with Crippen molar-refractivity contribution in [2.24, 2.45) is 5.92 Å². The molecule has 0 aliphatic carbocycles. The number of halogens is 3. The maximum atomic E-state index is 14.0. The van der Waals surface area contributed by atoms with Crippen molar-refractivity contribution >= 4 is 33.2 Å². The Labute approximate surface area is 177 Å². The fourth-order valence-electron chi connectivity index (χ4n) is 3.28. The number of carbonyl (C=O) groups excluding carboxylic acids is 2. The number of piperidine rings is 1. The number of nitrogens with one attached hydrogen (secondary N) is 2. The molecule has 0 aromatic heterocycles. The maximum absolute atomic E-state index is 14.0. The lowest BCUT2D eigenvalue weighted by Gasteiger charge is -2.30. The molecular formula is C20H20F3N3O4S. The van der Waals surface area contributed by atoms with E-state index in [9.17, 15) is 31.2 Å². The van der Waals surface area contributed by atoms with E-state index in [0.29, 0.717) is 11.8 Å². The normalized spacial score (nSPS) is 15.5. The van der Waals surface area contributed by atoms with Crippen molar-refractivity contribution < 1.29 is 31.2 Å². The summed E-state index contributed by atoms with van der Waals surface area (Å²) in [5.41, 5.74) is 0.213. The van der Waals surface area contributed by atoms with E-state index in [-0.39, 0.29) is 42.4 Å². The molecule has 1 aliphatic heterocycles. The Kier molecular flexibility index (Phi) is 6.65. The molecule has 31 heavy (non-hydrogen) atoms. The van der Waals surface area contributed by atoms with Crippen LogP contribution in [-0.2, 0) is 19.6 Å². The highest BCUT2D eigenvalue weighted by molar-refractivity contribution is 7.89. The highest BCUT2D eigenvalue weighted by atomic mass is 32.2. The zero-order chi connectivity index (χ0) is 22.8. The predicted molar refractivity (Wildman–Crippen MR) is 107 cm³/mol. The minimum absolute atomic E-state index is 0.00612. The summed E-state index contributed by atoms with van der Waals surface area (Å²) in [4.78, 5) is 23.3. The molecule has 0 atom stereocenters. The Morgan fingerprint density at radius 1 is 0.935 bits per heavy atom. The minimum Gasteiger partial charge on any atom is -0.326 e. The Morgan fingerprint density at radius 3 is 2.19 bits per heavy atom. The Hall–Kier alpha value is -2.92. The van der Waals surface area contributed by atoms with Crippen molar-refractivity contribution in [3.05, 3.63) is 53.8 Å². The van der Waals surface area contributed by atoms with Crippen LogP contribution in [0.1, 0.15) is 19.8 Å². The molecule has 2 aromatic carbocycles. The van der Waals surface area contributed by atoms with E-state index in [4.69, 9.17) is 0 Å². The van der Waals surface area contributed by atoms with Crippen molar-refractivity contribution in [3.63, 3.8) is 0 Å². The first-order chi connectivity index (χ1) is 14.6. The van der Waals surface area contributed by atoms with Crippen LogP contribution in [0.4, 0.5) is 24.5 Å². The van der Waals surface area contributed by atoms with E-state index in [1.54, 1.807) is 0 Å². The van der Waals surface area contributed by atoms with Crippen LogP contribution >= 0.6 is 0 Å². The smallest absolute Gasteiger partial charge is 0.243 e. The van der Waals surface area contributed by atoms with Crippen LogP contribution in [0.25, 0.3) is 0 Å². The highest BCUT2D eigenvalue weighted by Gasteiger charge is 2.32. The number of benzene rings is 2. The summed E-state index contributed by atoms with van der Waals surface area (Å²) in [6, 6.07) is 6.10. The number of sulfonamides is 1. The van der Waals surface area contributed by atoms with Gasteiger partial charge in [-0.05, 0) is 49.2 Å². The van der Waals surface area contributed by atoms with Crippen molar-refractivity contribution in [2.45, 2.75) is 24.7 Å². The van der Waals surface area contributed by atoms with Gasteiger partial charge in [0, 0.05) is 31.6 Å². The van der Waals surface area contributed by atoms with Gasteiger partial charge in [-0.25, -0.2) is 21.6 Å². The van der Waals surface area contributed by atoms with E-state index in [0.717, 1.165) is 22.5 Å². The molecule has 1 aliphatic rings. The van der Waals surface area contributed by atoms with Crippen LogP contribution in [0.3, 0.4) is 0 Å². The second kappa shape index (κ2) is 9.06. The van der Waals surface area contributed by atoms with Crippen LogP contribution in [-0.4, -0.2) is 37.6 Å². The first kappa shape index (κ1) is 22.8. The summed E-state index contributed by atoms with van der Waals surface area (Å²) < 4.78 is 66.9. The van der Waals surface area contributed by atoms with Gasteiger partial charge in [0.1, 0.15) is 5.82 Å². The van der Waals surface area contributed by atoms with Gasteiger partial charge in [-0.3, -0.25) is 9.59 Å². The molecule has 166 valence electrons. The van der Waals surface area contributed by atoms with Gasteiger partial charge < -0.3 is 10.6 Å². The summed E-state index contributed by atoms with van der Waals surface area (Å²) >= 11 is 0. The average Bonchev–Trinajstić information content (AvgIpc) is 2.72. The van der Waals surface area contributed by atoms with Gasteiger partial charge in [-0.1, -0.05) is 0 Å². The van der Waals surface area contributed by atoms with Gasteiger partial charge in [0.25, 0.3) is 0 Å². The first-order valence-electron chi connectivity index (χ1n) is 9.41. The summed E-state index contributed by atoms with van der Waals surface area (Å²) in [5.74, 6) is -4.49. The molecule has 1 saturated heterocycles. The summed E-state index contributed by atoms with van der Waals surface area (Å²) in [6.07, 6.45) is 0.337. The third-order valence-corrected chi connectivity index (χ3v) is 6.79. The van der Waals surface area contributed by atoms with Crippen LogP contribution in [0, 0.1) is 23.4 Å². The molecule has 0 radical (unpaired) electrons. The SMILES string of the molecule is CC(=O)Nc1ccc(F)c(NC(=O)C2CCN(S(=O)(=O)c3ccc(F)c(F)c3)CC2)c1. The fourth-order valence-corrected chi connectivity index (χ4v) is 4.76.